The molecule has 3 aromatic carbocycles. The highest BCUT2D eigenvalue weighted by molar-refractivity contribution is 7.50. The molecule has 5 N–H and O–H groups in total. The molecule has 1 unspecified atom stereocenters. The second kappa shape index (κ2) is 7.62. The van der Waals surface area contributed by atoms with E-state index in [4.69, 9.17) is 5.73 Å². The lowest BCUT2D eigenvalue weighted by Crippen LogP contribution is -2.37. The third kappa shape index (κ3) is 4.26. The first-order chi connectivity index (χ1) is 12.8. The number of rotatable bonds is 6. The smallest absolute Gasteiger partial charge is 0.329 e. The Morgan fingerprint density at radius 3 is 2.22 bits per heavy atom. The number of nitrogens with two attached hydrogens (primary N) is 1. The fourth-order valence-electron chi connectivity index (χ4n) is 3.42. The molecule has 27 heavy (non-hydrogen) atoms. The van der Waals surface area contributed by atoms with Crippen molar-refractivity contribution in [2.75, 3.05) is 0 Å². The summed E-state index contributed by atoms with van der Waals surface area (Å²) in [5.74, 6) is -1.93. The lowest BCUT2D eigenvalue weighted by molar-refractivity contribution is -0.138. The van der Waals surface area contributed by atoms with Gasteiger partial charge in [-0.3, -0.25) is 9.36 Å². The first-order valence-electron chi connectivity index (χ1n) is 8.36. The van der Waals surface area contributed by atoms with Crippen molar-refractivity contribution < 1.29 is 24.3 Å². The van der Waals surface area contributed by atoms with Crippen LogP contribution in [0.5, 0.6) is 0 Å². The molecule has 7 heteroatoms. The highest BCUT2D eigenvalue weighted by Crippen LogP contribution is 2.43. The molecule has 0 heterocycles. The maximum Gasteiger partial charge on any atom is 0.329 e. The Labute approximate surface area is 156 Å². The molecule has 0 spiro atoms. The van der Waals surface area contributed by atoms with Gasteiger partial charge in [0.1, 0.15) is 6.04 Å². The van der Waals surface area contributed by atoms with Crippen LogP contribution in [-0.2, 0) is 15.5 Å². The summed E-state index contributed by atoms with van der Waals surface area (Å²) in [6, 6.07) is 18.5. The average Bonchev–Trinajstić information content (AvgIpc) is 2.62. The number of carbonyl (C=O) groups is 1. The lowest BCUT2D eigenvalue weighted by Gasteiger charge is -2.26. The van der Waals surface area contributed by atoms with Gasteiger partial charge in [0.25, 0.3) is 0 Å². The van der Waals surface area contributed by atoms with Crippen LogP contribution < -0.4 is 5.73 Å². The van der Waals surface area contributed by atoms with Crippen LogP contribution in [0, 0.1) is 0 Å². The van der Waals surface area contributed by atoms with Gasteiger partial charge in [0, 0.05) is 5.92 Å². The predicted octanol–water partition coefficient (Wildman–Crippen LogP) is 3.06. The van der Waals surface area contributed by atoms with E-state index in [-0.39, 0.29) is 0 Å². The molecular formula is C20H20NO5P. The maximum absolute atomic E-state index is 11.7. The molecule has 0 bridgehead atoms. The quantitative estimate of drug-likeness (QED) is 0.484. The summed E-state index contributed by atoms with van der Waals surface area (Å²) >= 11 is 0. The van der Waals surface area contributed by atoms with E-state index < -0.39 is 31.7 Å². The molecule has 3 aromatic rings. The van der Waals surface area contributed by atoms with E-state index in [1.807, 2.05) is 42.5 Å². The third-order valence-corrected chi connectivity index (χ3v) is 5.32. The van der Waals surface area contributed by atoms with E-state index in [1.54, 1.807) is 24.3 Å². The Morgan fingerprint density at radius 1 is 0.926 bits per heavy atom. The first kappa shape index (κ1) is 19.3. The first-order valence-corrected chi connectivity index (χ1v) is 10.2. The van der Waals surface area contributed by atoms with Crippen LogP contribution in [-0.4, -0.2) is 26.9 Å². The van der Waals surface area contributed by atoms with Crippen molar-refractivity contribution in [3.05, 3.63) is 83.4 Å². The van der Waals surface area contributed by atoms with Crippen LogP contribution >= 0.6 is 7.60 Å². The van der Waals surface area contributed by atoms with E-state index in [0.717, 1.165) is 10.8 Å². The Hall–Kier alpha value is -2.50. The van der Waals surface area contributed by atoms with E-state index in [2.05, 4.69) is 0 Å². The highest BCUT2D eigenvalue weighted by atomic mass is 31.2. The largest absolute Gasteiger partial charge is 0.480 e. The van der Waals surface area contributed by atoms with Gasteiger partial charge in [0.05, 0.1) is 6.16 Å². The van der Waals surface area contributed by atoms with Gasteiger partial charge in [-0.05, 0) is 27.5 Å². The molecule has 140 valence electrons. The summed E-state index contributed by atoms with van der Waals surface area (Å²) in [4.78, 5) is 30.6. The van der Waals surface area contributed by atoms with Crippen LogP contribution in [0.2, 0.25) is 0 Å². The minimum Gasteiger partial charge on any atom is -0.480 e. The van der Waals surface area contributed by atoms with Crippen LogP contribution in [0.3, 0.4) is 0 Å². The molecule has 0 fully saturated rings. The number of benzene rings is 3. The van der Waals surface area contributed by atoms with E-state index in [9.17, 15) is 24.3 Å². The predicted molar refractivity (Wildman–Crippen MR) is 104 cm³/mol. The van der Waals surface area contributed by atoms with Gasteiger partial charge in [-0.2, -0.15) is 0 Å². The number of hydrogen-bond acceptors (Lipinski definition) is 3. The molecule has 2 atom stereocenters. The minimum atomic E-state index is -4.34. The van der Waals surface area contributed by atoms with E-state index in [1.165, 1.54) is 0 Å². The third-order valence-electron chi connectivity index (χ3n) is 4.57. The van der Waals surface area contributed by atoms with Crippen molar-refractivity contribution in [3.63, 3.8) is 0 Å². The summed E-state index contributed by atoms with van der Waals surface area (Å²) in [6.07, 6.45) is -0.475. The molecule has 0 saturated carbocycles. The molecule has 0 saturated heterocycles. The van der Waals surface area contributed by atoms with Crippen LogP contribution in [0.4, 0.5) is 0 Å². The highest BCUT2D eigenvalue weighted by Gasteiger charge is 2.31. The van der Waals surface area contributed by atoms with Gasteiger partial charge in [-0.25, -0.2) is 0 Å². The van der Waals surface area contributed by atoms with Gasteiger partial charge in [0.2, 0.25) is 0 Å². The summed E-state index contributed by atoms with van der Waals surface area (Å²) in [7, 11) is -4.34. The molecule has 0 radical (unpaired) electrons. The number of aliphatic carboxylic acids is 1. The number of hydrogen-bond donors (Lipinski definition) is 4. The summed E-state index contributed by atoms with van der Waals surface area (Å²) in [5, 5.41) is 11.4. The van der Waals surface area contributed by atoms with Crippen LogP contribution in [0.15, 0.2) is 66.7 Å². The summed E-state index contributed by atoms with van der Waals surface area (Å²) < 4.78 is 11.6. The van der Waals surface area contributed by atoms with Crippen LogP contribution in [0.1, 0.15) is 22.6 Å². The second-order valence-electron chi connectivity index (χ2n) is 6.43. The topological polar surface area (TPSA) is 121 Å². The van der Waals surface area contributed by atoms with Gasteiger partial charge in [-0.1, -0.05) is 66.7 Å². The zero-order valence-electron chi connectivity index (χ0n) is 14.4. The number of carboxylic acid groups (broad SMARTS) is 1. The number of carboxylic acids is 1. The van der Waals surface area contributed by atoms with Crippen molar-refractivity contribution in [1.29, 1.82) is 0 Å². The zero-order valence-corrected chi connectivity index (χ0v) is 15.3. The summed E-state index contributed by atoms with van der Waals surface area (Å²) in [5.41, 5.74) is 7.66. The van der Waals surface area contributed by atoms with Crippen molar-refractivity contribution in [1.82, 2.24) is 0 Å². The van der Waals surface area contributed by atoms with E-state index >= 15 is 0 Å². The lowest BCUT2D eigenvalue weighted by atomic mass is 9.81. The Bertz CT molecular complexity index is 1020. The van der Waals surface area contributed by atoms with Gasteiger partial charge in [0.15, 0.2) is 0 Å². The standard InChI is InChI=1S/C20H20NO5P/c21-19(20(22)23)18(16-10-4-2-7-14(16)12-27(24,25)26)17-11-5-8-13-6-1-3-9-15(13)17/h1-11,18-19H,12,21H2,(H,22,23)(H2,24,25,26)/t18?,19-/m0/s1. The Balaban J connectivity index is 2.25. The van der Waals surface area contributed by atoms with Crippen molar-refractivity contribution >= 4 is 24.3 Å². The average molecular weight is 385 g/mol. The number of fused-ring (bicyclic) bond motifs is 1. The van der Waals surface area contributed by atoms with Gasteiger partial charge < -0.3 is 20.6 Å². The van der Waals surface area contributed by atoms with E-state index in [0.29, 0.717) is 16.7 Å². The molecule has 0 aliphatic heterocycles. The van der Waals surface area contributed by atoms with Crippen molar-refractivity contribution in [3.8, 4) is 0 Å². The summed E-state index contributed by atoms with van der Waals surface area (Å²) in [6.45, 7) is 0. The Kier molecular flexibility index (Phi) is 5.44. The SMILES string of the molecule is N[C@H](C(=O)O)C(c1ccccc1CP(=O)(O)O)c1cccc2ccccc12. The van der Waals surface area contributed by atoms with Crippen LogP contribution in [0.25, 0.3) is 10.8 Å². The van der Waals surface area contributed by atoms with Gasteiger partial charge >= 0.3 is 13.6 Å². The molecule has 0 aliphatic carbocycles. The molecule has 0 amide bonds. The Morgan fingerprint density at radius 2 is 1.52 bits per heavy atom. The fourth-order valence-corrected chi connectivity index (χ4v) is 4.15. The minimum absolute atomic E-state index is 0.389. The molecule has 0 aliphatic rings. The molecular weight excluding hydrogens is 365 g/mol. The molecule has 0 aromatic heterocycles. The molecule has 6 nitrogen and oxygen atoms in total. The van der Waals surface area contributed by atoms with Gasteiger partial charge in [-0.15, -0.1) is 0 Å². The normalized spacial score (nSPS) is 14.0. The van der Waals surface area contributed by atoms with Crippen molar-refractivity contribution in [2.45, 2.75) is 18.1 Å². The fraction of sp³-hybridized carbons (Fsp3) is 0.150. The van der Waals surface area contributed by atoms with Crippen molar-refractivity contribution in [2.24, 2.45) is 5.73 Å². The molecule has 3 rings (SSSR count). The maximum atomic E-state index is 11.7. The monoisotopic (exact) mass is 385 g/mol. The zero-order chi connectivity index (χ0) is 19.6. The second-order valence-corrected chi connectivity index (χ2v) is 8.08.